The fourth-order valence-corrected chi connectivity index (χ4v) is 1.88. The van der Waals surface area contributed by atoms with Gasteiger partial charge >= 0.3 is 0 Å². The number of halogens is 2. The van der Waals surface area contributed by atoms with Crippen molar-refractivity contribution >= 4 is 11.6 Å². The summed E-state index contributed by atoms with van der Waals surface area (Å²) in [6, 6.07) is 11.7. The van der Waals surface area contributed by atoms with Crippen molar-refractivity contribution in [2.24, 2.45) is 0 Å². The van der Waals surface area contributed by atoms with Crippen molar-refractivity contribution in [3.8, 4) is 17.2 Å². The predicted molar refractivity (Wildman–Crippen MR) is 66.3 cm³/mol. The maximum Gasteiger partial charge on any atom is 0.132 e. The number of rotatable bonds is 1. The van der Waals surface area contributed by atoms with Crippen molar-refractivity contribution in [2.75, 3.05) is 0 Å². The van der Waals surface area contributed by atoms with Crippen LogP contribution in [0.2, 0.25) is 5.02 Å². The molecule has 3 heteroatoms. The molecule has 0 fully saturated rings. The van der Waals surface area contributed by atoms with Crippen LogP contribution in [0.1, 0.15) is 11.1 Å². The predicted octanol–water partition coefficient (Wildman–Crippen LogP) is 4.33. The lowest BCUT2D eigenvalue weighted by Crippen LogP contribution is -1.89. The van der Waals surface area contributed by atoms with E-state index in [2.05, 4.69) is 0 Å². The molecule has 0 saturated carbocycles. The van der Waals surface area contributed by atoms with Crippen LogP contribution in [-0.4, -0.2) is 0 Å². The van der Waals surface area contributed by atoms with Crippen LogP contribution in [0.25, 0.3) is 11.1 Å². The molecule has 0 N–H and O–H groups in total. The molecule has 0 spiro atoms. The van der Waals surface area contributed by atoms with Gasteiger partial charge in [-0.25, -0.2) is 4.39 Å². The summed E-state index contributed by atoms with van der Waals surface area (Å²) in [6.07, 6.45) is 0. The Kier molecular flexibility index (Phi) is 3.12. The fourth-order valence-electron chi connectivity index (χ4n) is 1.70. The zero-order valence-corrected chi connectivity index (χ0v) is 9.92. The highest BCUT2D eigenvalue weighted by Gasteiger charge is 2.10. The Morgan fingerprint density at radius 3 is 2.59 bits per heavy atom. The molecule has 0 bridgehead atoms. The van der Waals surface area contributed by atoms with Gasteiger partial charge in [-0.1, -0.05) is 29.8 Å². The van der Waals surface area contributed by atoms with Crippen LogP contribution >= 0.6 is 11.6 Å². The summed E-state index contributed by atoms with van der Waals surface area (Å²) in [4.78, 5) is 0. The third-order valence-electron chi connectivity index (χ3n) is 2.66. The third-order valence-corrected chi connectivity index (χ3v) is 3.07. The summed E-state index contributed by atoms with van der Waals surface area (Å²) in [5.74, 6) is -0.408. The molecule has 0 saturated heterocycles. The Hall–Kier alpha value is -1.85. The van der Waals surface area contributed by atoms with Gasteiger partial charge in [0, 0.05) is 10.6 Å². The van der Waals surface area contributed by atoms with Crippen LogP contribution in [0.4, 0.5) is 4.39 Å². The minimum absolute atomic E-state index is 0.311. The van der Waals surface area contributed by atoms with Crippen LogP contribution < -0.4 is 0 Å². The van der Waals surface area contributed by atoms with Gasteiger partial charge in [-0.15, -0.1) is 0 Å². The number of nitrogens with zero attached hydrogens (tertiary/aromatic N) is 1. The number of hydrogen-bond acceptors (Lipinski definition) is 1. The third kappa shape index (κ3) is 2.15. The van der Waals surface area contributed by atoms with Crippen molar-refractivity contribution < 1.29 is 4.39 Å². The van der Waals surface area contributed by atoms with E-state index in [0.717, 1.165) is 11.1 Å². The van der Waals surface area contributed by atoms with Gasteiger partial charge in [-0.2, -0.15) is 5.26 Å². The van der Waals surface area contributed by atoms with Crippen LogP contribution in [-0.2, 0) is 0 Å². The second kappa shape index (κ2) is 4.57. The smallest absolute Gasteiger partial charge is 0.132 e. The molecule has 0 unspecified atom stereocenters. The summed E-state index contributed by atoms with van der Waals surface area (Å²) >= 11 is 6.00. The van der Waals surface area contributed by atoms with E-state index in [-0.39, 0.29) is 0 Å². The molecule has 2 aromatic carbocycles. The van der Waals surface area contributed by atoms with Gasteiger partial charge in [0.2, 0.25) is 0 Å². The first-order valence-electron chi connectivity index (χ1n) is 5.08. The Morgan fingerprint density at radius 2 is 1.94 bits per heavy atom. The molecule has 0 aliphatic rings. The van der Waals surface area contributed by atoms with E-state index in [1.807, 2.05) is 19.1 Å². The fraction of sp³-hybridized carbons (Fsp3) is 0.0714. The highest BCUT2D eigenvalue weighted by atomic mass is 35.5. The molecule has 0 radical (unpaired) electrons. The molecule has 0 aliphatic carbocycles. The first kappa shape index (κ1) is 11.6. The molecule has 2 aromatic rings. The Balaban J connectivity index is 2.62. The van der Waals surface area contributed by atoms with E-state index in [1.54, 1.807) is 24.3 Å². The Bertz CT molecular complexity index is 614. The molecule has 0 aliphatic heterocycles. The number of hydrogen-bond donors (Lipinski definition) is 0. The number of nitriles is 1. The normalized spacial score (nSPS) is 10.0. The maximum atomic E-state index is 13.8. The van der Waals surface area contributed by atoms with E-state index >= 15 is 0 Å². The molecular formula is C14H9ClFN. The van der Waals surface area contributed by atoms with Crippen LogP contribution in [0.15, 0.2) is 36.4 Å². The van der Waals surface area contributed by atoms with Gasteiger partial charge < -0.3 is 0 Å². The Labute approximate surface area is 104 Å². The standard InChI is InChI=1S/C14H9ClFN/c1-9-11(3-2-4-13(9)15)12-6-5-10(8-17)7-14(12)16/h2-7H,1H3. The highest BCUT2D eigenvalue weighted by molar-refractivity contribution is 6.31. The van der Waals surface area contributed by atoms with Crippen molar-refractivity contribution in [1.82, 2.24) is 0 Å². The van der Waals surface area contributed by atoms with E-state index in [9.17, 15) is 4.39 Å². The molecule has 2 rings (SSSR count). The minimum atomic E-state index is -0.408. The first-order valence-corrected chi connectivity index (χ1v) is 5.46. The average Bonchev–Trinajstić information content (AvgIpc) is 2.33. The molecule has 1 nitrogen and oxygen atoms in total. The maximum absolute atomic E-state index is 13.8. The second-order valence-corrected chi connectivity index (χ2v) is 4.13. The summed E-state index contributed by atoms with van der Waals surface area (Å²) < 4.78 is 13.8. The summed E-state index contributed by atoms with van der Waals surface area (Å²) in [7, 11) is 0. The summed E-state index contributed by atoms with van der Waals surface area (Å²) in [5.41, 5.74) is 2.35. The van der Waals surface area contributed by atoms with Gasteiger partial charge in [0.25, 0.3) is 0 Å². The van der Waals surface area contributed by atoms with Crippen molar-refractivity contribution in [3.63, 3.8) is 0 Å². The molecule has 0 aromatic heterocycles. The topological polar surface area (TPSA) is 23.8 Å². The first-order chi connectivity index (χ1) is 8.13. The largest absolute Gasteiger partial charge is 0.206 e. The van der Waals surface area contributed by atoms with E-state index < -0.39 is 5.82 Å². The molecular weight excluding hydrogens is 237 g/mol. The average molecular weight is 246 g/mol. The van der Waals surface area contributed by atoms with Crippen LogP contribution in [0.3, 0.4) is 0 Å². The van der Waals surface area contributed by atoms with Gasteiger partial charge in [0.05, 0.1) is 11.6 Å². The zero-order chi connectivity index (χ0) is 12.4. The summed E-state index contributed by atoms with van der Waals surface area (Å²) in [6.45, 7) is 1.84. The zero-order valence-electron chi connectivity index (χ0n) is 9.17. The lowest BCUT2D eigenvalue weighted by molar-refractivity contribution is 0.630. The van der Waals surface area contributed by atoms with Crippen molar-refractivity contribution in [1.29, 1.82) is 5.26 Å². The van der Waals surface area contributed by atoms with Gasteiger partial charge in [0.15, 0.2) is 0 Å². The van der Waals surface area contributed by atoms with Crippen molar-refractivity contribution in [2.45, 2.75) is 6.92 Å². The van der Waals surface area contributed by atoms with Gasteiger partial charge in [0.1, 0.15) is 5.82 Å². The number of benzene rings is 2. The van der Waals surface area contributed by atoms with E-state index in [0.29, 0.717) is 16.1 Å². The minimum Gasteiger partial charge on any atom is -0.206 e. The molecule has 0 amide bonds. The van der Waals surface area contributed by atoms with E-state index in [4.69, 9.17) is 16.9 Å². The summed E-state index contributed by atoms with van der Waals surface area (Å²) in [5, 5.41) is 9.29. The van der Waals surface area contributed by atoms with Crippen LogP contribution in [0, 0.1) is 24.1 Å². The van der Waals surface area contributed by atoms with Gasteiger partial charge in [-0.05, 0) is 36.2 Å². The monoisotopic (exact) mass is 245 g/mol. The van der Waals surface area contributed by atoms with E-state index in [1.165, 1.54) is 6.07 Å². The molecule has 84 valence electrons. The molecule has 0 atom stereocenters. The van der Waals surface area contributed by atoms with Crippen LogP contribution in [0.5, 0.6) is 0 Å². The lowest BCUT2D eigenvalue weighted by Gasteiger charge is -2.08. The highest BCUT2D eigenvalue weighted by Crippen LogP contribution is 2.30. The lowest BCUT2D eigenvalue weighted by atomic mass is 9.99. The SMILES string of the molecule is Cc1c(Cl)cccc1-c1ccc(C#N)cc1F. The quantitative estimate of drug-likeness (QED) is 0.734. The second-order valence-electron chi connectivity index (χ2n) is 3.72. The molecule has 17 heavy (non-hydrogen) atoms. The Morgan fingerprint density at radius 1 is 1.18 bits per heavy atom. The van der Waals surface area contributed by atoms with Crippen molar-refractivity contribution in [3.05, 3.63) is 58.4 Å². The van der Waals surface area contributed by atoms with Gasteiger partial charge in [-0.3, -0.25) is 0 Å². The molecule has 0 heterocycles.